The molecule has 80 valence electrons. The molecule has 3 nitrogen and oxygen atoms in total. The van der Waals surface area contributed by atoms with Crippen LogP contribution in [-0.2, 0) is 14.3 Å². The molecule has 0 amide bonds. The molecule has 3 aliphatic rings. The van der Waals surface area contributed by atoms with E-state index in [0.717, 1.165) is 31.4 Å². The van der Waals surface area contributed by atoms with Gasteiger partial charge in [0.2, 0.25) is 0 Å². The second-order valence-corrected chi connectivity index (χ2v) is 4.45. The van der Waals surface area contributed by atoms with Crippen LogP contribution in [0.4, 0.5) is 0 Å². The van der Waals surface area contributed by atoms with Gasteiger partial charge in [0, 0.05) is 30.4 Å². The minimum Gasteiger partial charge on any atom is -0.353 e. The summed E-state index contributed by atoms with van der Waals surface area (Å²) in [5.74, 6) is 2.70. The zero-order valence-electron chi connectivity index (χ0n) is 8.52. The van der Waals surface area contributed by atoms with E-state index in [1.807, 2.05) is 0 Å². The molecule has 15 heavy (non-hydrogen) atoms. The average Bonchev–Trinajstić information content (AvgIpc) is 2.91. The van der Waals surface area contributed by atoms with Crippen molar-refractivity contribution in [1.82, 2.24) is 0 Å². The maximum atomic E-state index is 10.9. The van der Waals surface area contributed by atoms with Crippen LogP contribution in [0, 0.1) is 11.8 Å². The molecule has 3 heteroatoms. The fraction of sp³-hybridized carbons (Fsp3) is 0.667. The zero-order chi connectivity index (χ0) is 10.3. The highest BCUT2D eigenvalue weighted by Crippen LogP contribution is 2.44. The minimum absolute atomic E-state index is 0.0689. The van der Waals surface area contributed by atoms with Gasteiger partial charge in [-0.3, -0.25) is 0 Å². The van der Waals surface area contributed by atoms with Crippen LogP contribution in [0.1, 0.15) is 19.3 Å². The highest BCUT2D eigenvalue weighted by molar-refractivity contribution is 5.59. The smallest absolute Gasteiger partial charge is 0.158 e. The van der Waals surface area contributed by atoms with E-state index in [4.69, 9.17) is 9.47 Å². The molecule has 0 aromatic carbocycles. The van der Waals surface area contributed by atoms with Gasteiger partial charge in [-0.1, -0.05) is 12.2 Å². The zero-order valence-corrected chi connectivity index (χ0v) is 8.52. The Morgan fingerprint density at radius 2 is 2.40 bits per heavy atom. The summed E-state index contributed by atoms with van der Waals surface area (Å²) in [5, 5.41) is 0. The van der Waals surface area contributed by atoms with Crippen LogP contribution in [0.2, 0.25) is 0 Å². The Kier molecular flexibility index (Phi) is 2.24. The van der Waals surface area contributed by atoms with Gasteiger partial charge in [-0.25, -0.2) is 4.79 Å². The monoisotopic (exact) mass is 206 g/mol. The van der Waals surface area contributed by atoms with Gasteiger partial charge in [0.15, 0.2) is 6.29 Å². The van der Waals surface area contributed by atoms with Crippen LogP contribution in [0.3, 0.4) is 0 Å². The van der Waals surface area contributed by atoms with Crippen molar-refractivity contribution < 1.29 is 14.3 Å². The second kappa shape index (κ2) is 3.60. The van der Waals surface area contributed by atoms with Crippen LogP contribution < -0.4 is 0 Å². The Bertz CT molecular complexity index is 335. The highest BCUT2D eigenvalue weighted by atomic mass is 16.7. The Hall–Kier alpha value is -0.890. The molecule has 1 heterocycles. The van der Waals surface area contributed by atoms with E-state index in [1.165, 1.54) is 0 Å². The molecular weight excluding hydrogens is 192 g/mol. The third kappa shape index (κ3) is 1.48. The van der Waals surface area contributed by atoms with Gasteiger partial charge >= 0.3 is 0 Å². The summed E-state index contributed by atoms with van der Waals surface area (Å²) in [6.07, 6.45) is 7.10. The summed E-state index contributed by atoms with van der Waals surface area (Å²) in [6.45, 7) is 0.779. The van der Waals surface area contributed by atoms with E-state index < -0.39 is 0 Å². The number of hydrogen-bond acceptors (Lipinski definition) is 3. The van der Waals surface area contributed by atoms with Crippen molar-refractivity contribution in [2.75, 3.05) is 6.61 Å². The first-order valence-electron chi connectivity index (χ1n) is 5.59. The Morgan fingerprint density at radius 3 is 3.13 bits per heavy atom. The molecule has 4 atom stereocenters. The molecule has 2 bridgehead atoms. The molecule has 2 aliphatic carbocycles. The standard InChI is InChI=1S/C12H14O3/c13-7-10-8-3-4-9(6-8)12(10)15-11-2-1-5-14-11/h3-4,8-9,11-12H,1-2,5-6H2. The Balaban J connectivity index is 1.75. The maximum Gasteiger partial charge on any atom is 0.158 e. The number of fused-ring (bicyclic) bond motifs is 2. The molecule has 3 rings (SSSR count). The van der Waals surface area contributed by atoms with E-state index in [2.05, 4.69) is 18.1 Å². The highest BCUT2D eigenvalue weighted by Gasteiger charge is 2.43. The van der Waals surface area contributed by atoms with Crippen molar-refractivity contribution in [1.29, 1.82) is 0 Å². The van der Waals surface area contributed by atoms with Crippen LogP contribution in [0.15, 0.2) is 17.7 Å². The van der Waals surface area contributed by atoms with Gasteiger partial charge in [0.1, 0.15) is 5.94 Å². The third-order valence-corrected chi connectivity index (χ3v) is 3.52. The van der Waals surface area contributed by atoms with Crippen LogP contribution >= 0.6 is 0 Å². The lowest BCUT2D eigenvalue weighted by Gasteiger charge is -2.23. The molecule has 2 fully saturated rings. The van der Waals surface area contributed by atoms with Gasteiger partial charge in [-0.2, -0.15) is 0 Å². The lowest BCUT2D eigenvalue weighted by atomic mass is 9.99. The normalized spacial score (nSPS) is 42.5. The number of allylic oxidation sites excluding steroid dienone is 1. The molecule has 0 radical (unpaired) electrons. The summed E-state index contributed by atoms with van der Waals surface area (Å²) in [6, 6.07) is 0. The summed E-state index contributed by atoms with van der Waals surface area (Å²) >= 11 is 0. The SMILES string of the molecule is O=C=C1C2C=CC(C2)C1OC1CCCO1. The van der Waals surface area contributed by atoms with E-state index in [-0.39, 0.29) is 18.3 Å². The van der Waals surface area contributed by atoms with Gasteiger partial charge in [0.25, 0.3) is 0 Å². The first kappa shape index (κ1) is 9.34. The first-order chi connectivity index (χ1) is 7.38. The molecule has 4 unspecified atom stereocenters. The van der Waals surface area contributed by atoms with E-state index in [9.17, 15) is 4.79 Å². The Labute approximate surface area is 88.7 Å². The summed E-state index contributed by atoms with van der Waals surface area (Å²) in [5.41, 5.74) is 0.790. The maximum absolute atomic E-state index is 10.9. The second-order valence-electron chi connectivity index (χ2n) is 4.45. The molecule has 0 N–H and O–H groups in total. The number of carbonyl (C=O) groups excluding carboxylic acids is 1. The number of ether oxygens (including phenoxy) is 2. The number of hydrogen-bond donors (Lipinski definition) is 0. The Morgan fingerprint density at radius 1 is 1.47 bits per heavy atom. The fourth-order valence-electron chi connectivity index (χ4n) is 2.75. The van der Waals surface area contributed by atoms with Crippen molar-refractivity contribution >= 4 is 5.94 Å². The predicted octanol–water partition coefficient (Wildman–Crippen LogP) is 1.47. The first-order valence-corrected chi connectivity index (χ1v) is 5.59. The van der Waals surface area contributed by atoms with Crippen molar-refractivity contribution in [3.05, 3.63) is 17.7 Å². The summed E-state index contributed by atoms with van der Waals surface area (Å²) in [4.78, 5) is 10.9. The third-order valence-electron chi connectivity index (χ3n) is 3.52. The molecule has 0 spiro atoms. The fourth-order valence-corrected chi connectivity index (χ4v) is 2.75. The quantitative estimate of drug-likeness (QED) is 0.507. The predicted molar refractivity (Wildman–Crippen MR) is 53.8 cm³/mol. The molecule has 0 aromatic heterocycles. The molecule has 0 aromatic rings. The van der Waals surface area contributed by atoms with Gasteiger partial charge < -0.3 is 9.47 Å². The van der Waals surface area contributed by atoms with Crippen LogP contribution in [0.25, 0.3) is 0 Å². The lowest BCUT2D eigenvalue weighted by Crippen LogP contribution is -2.27. The topological polar surface area (TPSA) is 35.5 Å². The number of rotatable bonds is 2. The minimum atomic E-state index is -0.105. The largest absolute Gasteiger partial charge is 0.353 e. The average molecular weight is 206 g/mol. The lowest BCUT2D eigenvalue weighted by molar-refractivity contribution is -0.139. The van der Waals surface area contributed by atoms with Crippen molar-refractivity contribution in [2.45, 2.75) is 31.7 Å². The van der Waals surface area contributed by atoms with Crippen molar-refractivity contribution in [2.24, 2.45) is 11.8 Å². The van der Waals surface area contributed by atoms with Gasteiger partial charge in [-0.15, -0.1) is 0 Å². The van der Waals surface area contributed by atoms with Crippen molar-refractivity contribution in [3.8, 4) is 0 Å². The van der Waals surface area contributed by atoms with Gasteiger partial charge in [-0.05, 0) is 12.8 Å². The van der Waals surface area contributed by atoms with E-state index >= 15 is 0 Å². The molecule has 1 aliphatic heterocycles. The van der Waals surface area contributed by atoms with Gasteiger partial charge in [0.05, 0.1) is 6.10 Å². The molecule has 1 saturated heterocycles. The van der Waals surface area contributed by atoms with Crippen LogP contribution in [0.5, 0.6) is 0 Å². The van der Waals surface area contributed by atoms with Crippen molar-refractivity contribution in [3.63, 3.8) is 0 Å². The summed E-state index contributed by atoms with van der Waals surface area (Å²) in [7, 11) is 0. The molecular formula is C12H14O3. The van der Waals surface area contributed by atoms with Crippen LogP contribution in [-0.4, -0.2) is 24.9 Å². The molecule has 1 saturated carbocycles. The summed E-state index contributed by atoms with van der Waals surface area (Å²) < 4.78 is 11.3. The van der Waals surface area contributed by atoms with E-state index in [1.54, 1.807) is 0 Å². The van der Waals surface area contributed by atoms with E-state index in [0.29, 0.717) is 5.92 Å².